The van der Waals surface area contributed by atoms with E-state index in [1.807, 2.05) is 18.5 Å². The smallest absolute Gasteiger partial charge is 0.261 e. The first kappa shape index (κ1) is 16.3. The van der Waals surface area contributed by atoms with E-state index in [0.29, 0.717) is 17.4 Å². The molecule has 2 heterocycles. The zero-order valence-corrected chi connectivity index (χ0v) is 14.2. The van der Waals surface area contributed by atoms with Crippen LogP contribution in [-0.2, 0) is 17.8 Å². The lowest BCUT2D eigenvalue weighted by Gasteiger charge is -2.08. The van der Waals surface area contributed by atoms with Gasteiger partial charge in [-0.05, 0) is 31.9 Å². The van der Waals surface area contributed by atoms with Crippen LogP contribution in [-0.4, -0.2) is 27.0 Å². The highest BCUT2D eigenvalue weighted by atomic mass is 32.1. The van der Waals surface area contributed by atoms with Crippen molar-refractivity contribution in [3.05, 3.63) is 57.0 Å². The van der Waals surface area contributed by atoms with Crippen LogP contribution in [0.15, 0.2) is 40.9 Å². The van der Waals surface area contributed by atoms with Crippen LogP contribution in [0.1, 0.15) is 17.0 Å². The molecule has 0 atom stereocenters. The molecule has 0 unspecified atom stereocenters. The number of fused-ring (bicyclic) bond motifs is 1. The first-order chi connectivity index (χ1) is 11.6. The molecule has 0 fully saturated rings. The van der Waals surface area contributed by atoms with Crippen molar-refractivity contribution in [1.29, 1.82) is 0 Å². The van der Waals surface area contributed by atoms with Gasteiger partial charge in [0.25, 0.3) is 5.56 Å². The Balaban J connectivity index is 1.54. The van der Waals surface area contributed by atoms with E-state index >= 15 is 0 Å². The minimum atomic E-state index is -0.198. The second-order valence-corrected chi connectivity index (χ2v) is 6.45. The molecule has 0 radical (unpaired) electrons. The lowest BCUT2D eigenvalue weighted by Crippen LogP contribution is -2.33. The van der Waals surface area contributed by atoms with Crippen LogP contribution in [0.2, 0.25) is 0 Å². The summed E-state index contributed by atoms with van der Waals surface area (Å²) in [5.74, 6) is -0.185. The number of rotatable bonds is 6. The molecule has 0 aliphatic carbocycles. The van der Waals surface area contributed by atoms with Crippen LogP contribution < -0.4 is 10.9 Å². The molecule has 2 aromatic heterocycles. The lowest BCUT2D eigenvalue weighted by atomic mass is 10.2. The van der Waals surface area contributed by atoms with Gasteiger partial charge in [-0.15, -0.1) is 11.3 Å². The molecule has 24 heavy (non-hydrogen) atoms. The van der Waals surface area contributed by atoms with E-state index in [1.165, 1.54) is 15.8 Å². The van der Waals surface area contributed by atoms with E-state index in [0.717, 1.165) is 18.5 Å². The summed E-state index contributed by atoms with van der Waals surface area (Å²) in [5.41, 5.74) is 3.33. The molecule has 1 N–H and O–H groups in total. The second kappa shape index (κ2) is 7.35. The van der Waals surface area contributed by atoms with Gasteiger partial charge < -0.3 is 5.32 Å². The largest absolute Gasteiger partial charge is 0.355 e. The van der Waals surface area contributed by atoms with Crippen molar-refractivity contribution >= 4 is 28.1 Å². The topological polar surface area (TPSA) is 76.9 Å². The summed E-state index contributed by atoms with van der Waals surface area (Å²) >= 11 is 1.64. The maximum atomic E-state index is 12.3. The minimum Gasteiger partial charge on any atom is -0.355 e. The summed E-state index contributed by atoms with van der Waals surface area (Å²) in [4.78, 5) is 34.0. The van der Waals surface area contributed by atoms with Gasteiger partial charge in [0.05, 0.1) is 28.4 Å². The van der Waals surface area contributed by atoms with Crippen molar-refractivity contribution in [2.45, 2.75) is 26.3 Å². The minimum absolute atomic E-state index is 0.0176. The summed E-state index contributed by atoms with van der Waals surface area (Å²) in [5, 5.41) is 3.37. The molecular formula is C17H18N4O2S. The molecular weight excluding hydrogens is 324 g/mol. The number of benzene rings is 1. The fourth-order valence-corrected chi connectivity index (χ4v) is 3.30. The number of carbonyl (C=O) groups excluding carboxylic acids is 1. The fraction of sp³-hybridized carbons (Fsp3) is 0.294. The third-order valence-corrected chi connectivity index (χ3v) is 4.79. The van der Waals surface area contributed by atoms with E-state index < -0.39 is 0 Å². The number of hydrogen-bond acceptors (Lipinski definition) is 5. The van der Waals surface area contributed by atoms with Crippen LogP contribution in [0.5, 0.6) is 0 Å². The highest BCUT2D eigenvalue weighted by molar-refractivity contribution is 7.09. The Bertz CT molecular complexity index is 916. The molecule has 3 rings (SSSR count). The number of hydrogen-bond donors (Lipinski definition) is 1. The van der Waals surface area contributed by atoms with Gasteiger partial charge in [0.2, 0.25) is 5.91 Å². The standard InChI is InChI=1S/C17H18N4O2S/c1-12-15(24-11-20-12)7-4-8-18-16(22)9-21-10-19-14-6-3-2-5-13(14)17(21)23/h2-3,5-6,10-11H,4,7-9H2,1H3,(H,18,22). The molecule has 1 amide bonds. The number of thiazole rings is 1. The molecule has 0 saturated heterocycles. The molecule has 0 spiro atoms. The van der Waals surface area contributed by atoms with Gasteiger partial charge in [0.1, 0.15) is 6.54 Å². The van der Waals surface area contributed by atoms with Gasteiger partial charge in [-0.2, -0.15) is 0 Å². The van der Waals surface area contributed by atoms with E-state index in [1.54, 1.807) is 29.5 Å². The molecule has 0 bridgehead atoms. The quantitative estimate of drug-likeness (QED) is 0.694. The first-order valence-corrected chi connectivity index (χ1v) is 8.63. The third-order valence-electron chi connectivity index (χ3n) is 3.79. The predicted molar refractivity (Wildman–Crippen MR) is 94.2 cm³/mol. The highest BCUT2D eigenvalue weighted by Crippen LogP contribution is 2.13. The Kier molecular flexibility index (Phi) is 5.00. The van der Waals surface area contributed by atoms with Crippen molar-refractivity contribution in [2.24, 2.45) is 0 Å². The van der Waals surface area contributed by atoms with E-state index in [4.69, 9.17) is 0 Å². The van der Waals surface area contributed by atoms with Gasteiger partial charge in [-0.3, -0.25) is 14.2 Å². The molecule has 7 heteroatoms. The Labute approximate surface area is 143 Å². The van der Waals surface area contributed by atoms with Gasteiger partial charge in [-0.25, -0.2) is 9.97 Å². The van der Waals surface area contributed by atoms with Crippen LogP contribution in [0.3, 0.4) is 0 Å². The molecule has 6 nitrogen and oxygen atoms in total. The van der Waals surface area contributed by atoms with Crippen molar-refractivity contribution < 1.29 is 4.79 Å². The van der Waals surface area contributed by atoms with Gasteiger partial charge in [0, 0.05) is 11.4 Å². The summed E-state index contributed by atoms with van der Waals surface area (Å²) in [7, 11) is 0. The summed E-state index contributed by atoms with van der Waals surface area (Å²) in [6.07, 6.45) is 3.17. The maximum absolute atomic E-state index is 12.3. The number of para-hydroxylation sites is 1. The normalized spacial score (nSPS) is 10.9. The summed E-state index contributed by atoms with van der Waals surface area (Å²) < 4.78 is 1.34. The Morgan fingerprint density at radius 1 is 1.29 bits per heavy atom. The number of nitrogens with zero attached hydrogens (tertiary/aromatic N) is 3. The number of nitrogens with one attached hydrogen (secondary N) is 1. The Morgan fingerprint density at radius 2 is 2.12 bits per heavy atom. The number of aryl methyl sites for hydroxylation is 2. The fourth-order valence-electron chi connectivity index (χ4n) is 2.47. The van der Waals surface area contributed by atoms with Crippen molar-refractivity contribution in [1.82, 2.24) is 19.9 Å². The molecule has 3 aromatic rings. The van der Waals surface area contributed by atoms with Gasteiger partial charge in [0.15, 0.2) is 0 Å². The van der Waals surface area contributed by atoms with Gasteiger partial charge in [-0.1, -0.05) is 12.1 Å². The molecule has 0 aliphatic heterocycles. The van der Waals surface area contributed by atoms with E-state index in [2.05, 4.69) is 15.3 Å². The summed E-state index contributed by atoms with van der Waals surface area (Å²) in [6, 6.07) is 7.12. The summed E-state index contributed by atoms with van der Waals surface area (Å²) in [6.45, 7) is 2.55. The average Bonchev–Trinajstić information content (AvgIpc) is 3.00. The second-order valence-electron chi connectivity index (χ2n) is 5.51. The van der Waals surface area contributed by atoms with E-state index in [-0.39, 0.29) is 18.0 Å². The predicted octanol–water partition coefficient (Wildman–Crippen LogP) is 1.91. The van der Waals surface area contributed by atoms with Crippen molar-refractivity contribution in [2.75, 3.05) is 6.54 Å². The molecule has 0 aliphatic rings. The molecule has 124 valence electrons. The average molecular weight is 342 g/mol. The Morgan fingerprint density at radius 3 is 2.92 bits per heavy atom. The Hall–Kier alpha value is -2.54. The molecule has 0 saturated carbocycles. The van der Waals surface area contributed by atoms with Crippen LogP contribution in [0.25, 0.3) is 10.9 Å². The van der Waals surface area contributed by atoms with E-state index in [9.17, 15) is 9.59 Å². The lowest BCUT2D eigenvalue weighted by molar-refractivity contribution is -0.121. The zero-order valence-electron chi connectivity index (χ0n) is 13.4. The molecule has 1 aromatic carbocycles. The first-order valence-electron chi connectivity index (χ1n) is 7.75. The van der Waals surface area contributed by atoms with Crippen molar-refractivity contribution in [3.8, 4) is 0 Å². The SMILES string of the molecule is Cc1ncsc1CCCNC(=O)Cn1cnc2ccccc2c1=O. The monoisotopic (exact) mass is 342 g/mol. The number of carbonyl (C=O) groups is 1. The van der Waals surface area contributed by atoms with Crippen molar-refractivity contribution in [3.63, 3.8) is 0 Å². The highest BCUT2D eigenvalue weighted by Gasteiger charge is 2.08. The van der Waals surface area contributed by atoms with Crippen LogP contribution >= 0.6 is 11.3 Å². The van der Waals surface area contributed by atoms with Gasteiger partial charge >= 0.3 is 0 Å². The number of amides is 1. The maximum Gasteiger partial charge on any atom is 0.261 e. The van der Waals surface area contributed by atoms with Crippen LogP contribution in [0.4, 0.5) is 0 Å². The van der Waals surface area contributed by atoms with Crippen LogP contribution in [0, 0.1) is 6.92 Å². The number of aromatic nitrogens is 3. The third kappa shape index (κ3) is 3.68. The zero-order chi connectivity index (χ0) is 16.9.